The standard InChI is InChI=1S/C6H13B.Na/c1-2-3-4-5-6-7;/h2-6H2,1H3;/q-1;+1. The fourth-order valence-electron chi connectivity index (χ4n) is 0.571. The summed E-state index contributed by atoms with van der Waals surface area (Å²) in [4.78, 5) is 0. The van der Waals surface area contributed by atoms with Gasteiger partial charge in [0.15, 0.2) is 0 Å². The van der Waals surface area contributed by atoms with Gasteiger partial charge < -0.3 is 7.85 Å². The average Bonchev–Trinajstić information content (AvgIpc) is 1.69. The molecule has 0 spiro atoms. The summed E-state index contributed by atoms with van der Waals surface area (Å²) in [5.74, 6) is 0. The van der Waals surface area contributed by atoms with Gasteiger partial charge in [0.05, 0.1) is 0 Å². The molecule has 0 aliphatic rings. The van der Waals surface area contributed by atoms with Crippen LogP contribution in [-0.4, -0.2) is 7.85 Å². The second-order valence-corrected chi connectivity index (χ2v) is 1.85. The van der Waals surface area contributed by atoms with E-state index in [0.717, 1.165) is 6.32 Å². The zero-order valence-electron chi connectivity index (χ0n) is 6.11. The van der Waals surface area contributed by atoms with Crippen LogP contribution in [0.15, 0.2) is 0 Å². The normalized spacial score (nSPS) is 8.25. The van der Waals surface area contributed by atoms with E-state index in [1.165, 1.54) is 25.7 Å². The van der Waals surface area contributed by atoms with Crippen LogP contribution in [-0.2, 0) is 0 Å². The van der Waals surface area contributed by atoms with Gasteiger partial charge in [-0.3, -0.25) is 6.32 Å². The Labute approximate surface area is 76.1 Å². The Morgan fingerprint density at radius 2 is 1.75 bits per heavy atom. The molecule has 0 saturated carbocycles. The van der Waals surface area contributed by atoms with E-state index in [1.807, 2.05) is 0 Å². The van der Waals surface area contributed by atoms with Crippen molar-refractivity contribution in [2.24, 2.45) is 0 Å². The van der Waals surface area contributed by atoms with Gasteiger partial charge in [-0.05, 0) is 0 Å². The molecule has 0 aliphatic heterocycles. The number of hydrogen-bond donors (Lipinski definition) is 0. The fraction of sp³-hybridized carbons (Fsp3) is 1.00. The van der Waals surface area contributed by atoms with Crippen LogP contribution in [0, 0.1) is 0 Å². The third-order valence-corrected chi connectivity index (χ3v) is 1.06. The SMILES string of the molecule is [B-]CCCCCC.[Na+]. The van der Waals surface area contributed by atoms with Crippen molar-refractivity contribution < 1.29 is 29.6 Å². The maximum Gasteiger partial charge on any atom is 1.00 e. The van der Waals surface area contributed by atoms with Crippen LogP contribution < -0.4 is 29.6 Å². The Bertz CT molecular complexity index is 27.7. The van der Waals surface area contributed by atoms with Gasteiger partial charge in [-0.2, -0.15) is 0 Å². The van der Waals surface area contributed by atoms with Gasteiger partial charge in [0, 0.05) is 0 Å². The third-order valence-electron chi connectivity index (χ3n) is 1.06. The average molecular weight is 119 g/mol. The van der Waals surface area contributed by atoms with Crippen LogP contribution in [0.1, 0.15) is 32.6 Å². The fourth-order valence-corrected chi connectivity index (χ4v) is 0.571. The predicted octanol–water partition coefficient (Wildman–Crippen LogP) is -0.842. The van der Waals surface area contributed by atoms with Gasteiger partial charge in [0.1, 0.15) is 0 Å². The minimum Gasteiger partial charge on any atom is -0.626 e. The van der Waals surface area contributed by atoms with Gasteiger partial charge in [0.25, 0.3) is 0 Å². The Kier molecular flexibility index (Phi) is 16.2. The van der Waals surface area contributed by atoms with E-state index in [4.69, 9.17) is 7.85 Å². The van der Waals surface area contributed by atoms with Crippen LogP contribution in [0.3, 0.4) is 0 Å². The van der Waals surface area contributed by atoms with Crippen molar-refractivity contribution in [2.45, 2.75) is 38.9 Å². The molecule has 41 valence electrons. The van der Waals surface area contributed by atoms with Crippen LogP contribution in [0.4, 0.5) is 0 Å². The summed E-state index contributed by atoms with van der Waals surface area (Å²) < 4.78 is 0. The van der Waals surface area contributed by atoms with Crippen molar-refractivity contribution in [1.82, 2.24) is 0 Å². The Hall–Kier alpha value is 1.06. The Morgan fingerprint density at radius 3 is 2.12 bits per heavy atom. The summed E-state index contributed by atoms with van der Waals surface area (Å²) >= 11 is 0. The van der Waals surface area contributed by atoms with E-state index >= 15 is 0 Å². The largest absolute Gasteiger partial charge is 1.00 e. The molecule has 0 nitrogen and oxygen atoms in total. The molecule has 0 bridgehead atoms. The maximum atomic E-state index is 5.27. The predicted molar refractivity (Wildman–Crippen MR) is 34.7 cm³/mol. The van der Waals surface area contributed by atoms with Gasteiger partial charge in [0.2, 0.25) is 0 Å². The van der Waals surface area contributed by atoms with Gasteiger partial charge in [-0.15, -0.1) is 0 Å². The van der Waals surface area contributed by atoms with Gasteiger partial charge in [-0.1, -0.05) is 32.6 Å². The molecule has 3 radical (unpaired) electrons. The van der Waals surface area contributed by atoms with Gasteiger partial charge >= 0.3 is 29.6 Å². The van der Waals surface area contributed by atoms with Gasteiger partial charge in [-0.25, -0.2) is 0 Å². The van der Waals surface area contributed by atoms with Crippen molar-refractivity contribution in [3.05, 3.63) is 0 Å². The second kappa shape index (κ2) is 10.9. The smallest absolute Gasteiger partial charge is 0.626 e. The molecule has 0 unspecified atom stereocenters. The number of unbranched alkanes of at least 4 members (excludes halogenated alkanes) is 3. The van der Waals surface area contributed by atoms with E-state index in [2.05, 4.69) is 6.92 Å². The first-order valence-corrected chi connectivity index (χ1v) is 3.12. The van der Waals surface area contributed by atoms with E-state index < -0.39 is 0 Å². The van der Waals surface area contributed by atoms with Crippen molar-refractivity contribution in [2.75, 3.05) is 0 Å². The van der Waals surface area contributed by atoms with E-state index in [0.29, 0.717) is 0 Å². The number of hydrogen-bond acceptors (Lipinski definition) is 0. The van der Waals surface area contributed by atoms with Crippen molar-refractivity contribution >= 4 is 7.85 Å². The molecular weight excluding hydrogens is 106 g/mol. The molecule has 2 heteroatoms. The first-order valence-electron chi connectivity index (χ1n) is 3.12. The molecule has 0 N–H and O–H groups in total. The van der Waals surface area contributed by atoms with Crippen molar-refractivity contribution in [3.63, 3.8) is 0 Å². The Balaban J connectivity index is 0. The maximum absolute atomic E-state index is 5.27. The summed E-state index contributed by atoms with van der Waals surface area (Å²) in [6.45, 7) is 2.20. The summed E-state index contributed by atoms with van der Waals surface area (Å²) in [5.41, 5.74) is 0. The van der Waals surface area contributed by atoms with E-state index in [-0.39, 0.29) is 29.6 Å². The molecular formula is C6H13BNa. The molecule has 8 heavy (non-hydrogen) atoms. The summed E-state index contributed by atoms with van der Waals surface area (Å²) in [5, 5.41) is 0. The summed E-state index contributed by atoms with van der Waals surface area (Å²) in [6, 6.07) is 0. The number of rotatable bonds is 4. The molecule has 0 fully saturated rings. The first kappa shape index (κ1) is 11.8. The van der Waals surface area contributed by atoms with Crippen LogP contribution in [0.5, 0.6) is 0 Å². The first-order chi connectivity index (χ1) is 3.41. The molecule has 0 aromatic carbocycles. The monoisotopic (exact) mass is 119 g/mol. The van der Waals surface area contributed by atoms with Crippen molar-refractivity contribution in [3.8, 4) is 0 Å². The minimum absolute atomic E-state index is 0. The molecule has 0 aromatic heterocycles. The van der Waals surface area contributed by atoms with Crippen molar-refractivity contribution in [1.29, 1.82) is 0 Å². The molecule has 0 rings (SSSR count). The third kappa shape index (κ3) is 10.1. The second-order valence-electron chi connectivity index (χ2n) is 1.85. The van der Waals surface area contributed by atoms with Crippen LogP contribution in [0.2, 0.25) is 6.32 Å². The zero-order valence-corrected chi connectivity index (χ0v) is 8.11. The van der Waals surface area contributed by atoms with Crippen LogP contribution >= 0.6 is 0 Å². The molecule has 0 heterocycles. The molecule has 0 aromatic rings. The zero-order chi connectivity index (χ0) is 5.54. The summed E-state index contributed by atoms with van der Waals surface area (Å²) in [7, 11) is 5.27. The molecule has 0 saturated heterocycles. The van der Waals surface area contributed by atoms with E-state index in [1.54, 1.807) is 0 Å². The minimum atomic E-state index is 0. The molecule has 0 atom stereocenters. The Morgan fingerprint density at radius 1 is 1.12 bits per heavy atom. The quantitative estimate of drug-likeness (QED) is 0.334. The van der Waals surface area contributed by atoms with Crippen LogP contribution in [0.25, 0.3) is 0 Å². The molecule has 0 amide bonds. The molecule has 0 aliphatic carbocycles. The summed E-state index contributed by atoms with van der Waals surface area (Å²) in [6.07, 6.45) is 6.03. The van der Waals surface area contributed by atoms with E-state index in [9.17, 15) is 0 Å². The topological polar surface area (TPSA) is 0 Å².